The summed E-state index contributed by atoms with van der Waals surface area (Å²) in [7, 11) is 1.80. The number of rotatable bonds is 6. The fourth-order valence-electron chi connectivity index (χ4n) is 3.17. The molecule has 2 amide bonds. The Morgan fingerprint density at radius 2 is 2.17 bits per heavy atom. The van der Waals surface area contributed by atoms with Crippen LogP contribution in [-0.4, -0.2) is 47.3 Å². The van der Waals surface area contributed by atoms with Gasteiger partial charge in [-0.05, 0) is 26.2 Å². The molecule has 1 heterocycles. The van der Waals surface area contributed by atoms with E-state index in [2.05, 4.69) is 24.1 Å². The molecule has 0 aliphatic heterocycles. The number of urea groups is 1. The average molecular weight is 340 g/mol. The van der Waals surface area contributed by atoms with Crippen LogP contribution in [-0.2, 0) is 12.8 Å². The van der Waals surface area contributed by atoms with Gasteiger partial charge in [0.1, 0.15) is 0 Å². The van der Waals surface area contributed by atoms with Crippen molar-refractivity contribution in [1.82, 2.24) is 15.2 Å². The van der Waals surface area contributed by atoms with E-state index in [4.69, 9.17) is 0 Å². The molecule has 1 aromatic rings. The lowest BCUT2D eigenvalue weighted by molar-refractivity contribution is 0.0565. The van der Waals surface area contributed by atoms with Crippen LogP contribution in [0.2, 0.25) is 0 Å². The van der Waals surface area contributed by atoms with Crippen LogP contribution in [0.1, 0.15) is 48.2 Å². The number of amides is 2. The first-order chi connectivity index (χ1) is 11.0. The van der Waals surface area contributed by atoms with Crippen molar-refractivity contribution < 1.29 is 9.90 Å². The van der Waals surface area contributed by atoms with Gasteiger partial charge >= 0.3 is 6.03 Å². The van der Waals surface area contributed by atoms with Crippen molar-refractivity contribution in [3.63, 3.8) is 0 Å². The molecule has 1 aromatic heterocycles. The molecule has 5 nitrogen and oxygen atoms in total. The zero-order valence-corrected chi connectivity index (χ0v) is 15.3. The Kier molecular flexibility index (Phi) is 6.84. The van der Waals surface area contributed by atoms with Crippen molar-refractivity contribution in [1.29, 1.82) is 0 Å². The first-order valence-corrected chi connectivity index (χ1v) is 9.45. The molecule has 0 saturated heterocycles. The van der Waals surface area contributed by atoms with Crippen LogP contribution < -0.4 is 5.32 Å². The van der Waals surface area contributed by atoms with Crippen LogP contribution >= 0.6 is 11.3 Å². The van der Waals surface area contributed by atoms with Crippen molar-refractivity contribution in [3.8, 4) is 0 Å². The first kappa shape index (κ1) is 18.2. The smallest absolute Gasteiger partial charge is 0.317 e. The summed E-state index contributed by atoms with van der Waals surface area (Å²) in [6.07, 6.45) is 5.60. The molecule has 6 heteroatoms. The highest BCUT2D eigenvalue weighted by Gasteiger charge is 2.25. The van der Waals surface area contributed by atoms with Gasteiger partial charge < -0.3 is 15.3 Å². The second kappa shape index (κ2) is 8.64. The number of carbonyl (C=O) groups is 1. The van der Waals surface area contributed by atoms with Crippen LogP contribution in [0.3, 0.4) is 0 Å². The largest absolute Gasteiger partial charge is 0.393 e. The van der Waals surface area contributed by atoms with Gasteiger partial charge in [0.2, 0.25) is 0 Å². The Bertz CT molecular complexity index is 518. The summed E-state index contributed by atoms with van der Waals surface area (Å²) in [5.41, 5.74) is 1.17. The maximum Gasteiger partial charge on any atom is 0.317 e. The van der Waals surface area contributed by atoms with Gasteiger partial charge in [-0.25, -0.2) is 9.78 Å². The molecule has 0 bridgehead atoms. The Morgan fingerprint density at radius 3 is 2.83 bits per heavy atom. The standard InChI is InChI=1S/C17H29N3O2S/c1-4-14-12(2)23-16(19-14)9-10-18-17(22)20(3)11-13-7-5-6-8-15(13)21/h13,15,21H,4-11H2,1-3H3,(H,18,22). The molecule has 130 valence electrons. The van der Waals surface area contributed by atoms with Gasteiger partial charge in [0.15, 0.2) is 0 Å². The fraction of sp³-hybridized carbons (Fsp3) is 0.765. The van der Waals surface area contributed by atoms with Crippen molar-refractivity contribution >= 4 is 17.4 Å². The van der Waals surface area contributed by atoms with Gasteiger partial charge in [0, 0.05) is 37.4 Å². The minimum atomic E-state index is -0.259. The second-order valence-corrected chi connectivity index (χ2v) is 7.73. The van der Waals surface area contributed by atoms with Gasteiger partial charge in [0.05, 0.1) is 16.8 Å². The van der Waals surface area contributed by atoms with E-state index in [1.165, 1.54) is 10.6 Å². The number of thiazole rings is 1. The number of aromatic nitrogens is 1. The number of hydrogen-bond acceptors (Lipinski definition) is 4. The molecule has 1 aliphatic rings. The minimum Gasteiger partial charge on any atom is -0.393 e. The Morgan fingerprint density at radius 1 is 1.43 bits per heavy atom. The molecule has 2 atom stereocenters. The highest BCUT2D eigenvalue weighted by molar-refractivity contribution is 7.11. The summed E-state index contributed by atoms with van der Waals surface area (Å²) in [6, 6.07) is -0.0632. The number of carbonyl (C=O) groups excluding carboxylic acids is 1. The Labute approximate surface area is 143 Å². The lowest BCUT2D eigenvalue weighted by atomic mass is 9.86. The minimum absolute atomic E-state index is 0.0632. The highest BCUT2D eigenvalue weighted by atomic mass is 32.1. The first-order valence-electron chi connectivity index (χ1n) is 8.63. The molecule has 2 N–H and O–H groups in total. The summed E-state index contributed by atoms with van der Waals surface area (Å²) in [6.45, 7) is 5.44. The molecule has 1 aliphatic carbocycles. The topological polar surface area (TPSA) is 65.5 Å². The summed E-state index contributed by atoms with van der Waals surface area (Å²) in [5.74, 6) is 0.216. The van der Waals surface area contributed by atoms with Crippen molar-refractivity contribution in [2.75, 3.05) is 20.1 Å². The highest BCUT2D eigenvalue weighted by Crippen LogP contribution is 2.24. The molecule has 23 heavy (non-hydrogen) atoms. The van der Waals surface area contributed by atoms with Gasteiger partial charge in [0.25, 0.3) is 0 Å². The number of hydrogen-bond donors (Lipinski definition) is 2. The van der Waals surface area contributed by atoms with E-state index < -0.39 is 0 Å². The molecular weight excluding hydrogens is 310 g/mol. The summed E-state index contributed by atoms with van der Waals surface area (Å²) in [4.78, 5) is 19.7. The Balaban J connectivity index is 1.73. The van der Waals surface area contributed by atoms with Crippen LogP contribution in [0, 0.1) is 12.8 Å². The number of nitrogens with one attached hydrogen (secondary N) is 1. The quantitative estimate of drug-likeness (QED) is 0.837. The third-order valence-corrected chi connectivity index (χ3v) is 5.68. The monoisotopic (exact) mass is 339 g/mol. The van der Waals surface area contributed by atoms with E-state index in [1.54, 1.807) is 23.3 Å². The molecule has 0 radical (unpaired) electrons. The fourth-order valence-corrected chi connectivity index (χ4v) is 4.19. The molecule has 2 unspecified atom stereocenters. The van der Waals surface area contributed by atoms with Crippen LogP contribution in [0.15, 0.2) is 0 Å². The molecule has 1 fully saturated rings. The lowest BCUT2D eigenvalue weighted by Crippen LogP contribution is -2.43. The summed E-state index contributed by atoms with van der Waals surface area (Å²) < 4.78 is 0. The number of aliphatic hydroxyl groups excluding tert-OH is 1. The van der Waals surface area contributed by atoms with Gasteiger partial charge in [-0.3, -0.25) is 0 Å². The van der Waals surface area contributed by atoms with Crippen LogP contribution in [0.5, 0.6) is 0 Å². The van der Waals surface area contributed by atoms with Gasteiger partial charge in [-0.1, -0.05) is 19.8 Å². The maximum absolute atomic E-state index is 12.2. The van der Waals surface area contributed by atoms with E-state index >= 15 is 0 Å². The zero-order valence-electron chi connectivity index (χ0n) is 14.5. The lowest BCUT2D eigenvalue weighted by Gasteiger charge is -2.31. The molecular formula is C17H29N3O2S. The molecule has 2 rings (SSSR count). The predicted octanol–water partition coefficient (Wildman–Crippen LogP) is 2.75. The third-order valence-electron chi connectivity index (χ3n) is 4.61. The SMILES string of the molecule is CCc1nc(CCNC(=O)N(C)CC2CCCCC2O)sc1C. The summed E-state index contributed by atoms with van der Waals surface area (Å²) >= 11 is 1.72. The second-order valence-electron chi connectivity index (χ2n) is 6.44. The molecule has 1 saturated carbocycles. The normalized spacial score (nSPS) is 21.2. The van der Waals surface area contributed by atoms with Gasteiger partial charge in [-0.15, -0.1) is 11.3 Å². The maximum atomic E-state index is 12.2. The van der Waals surface area contributed by atoms with E-state index in [9.17, 15) is 9.90 Å². The van der Waals surface area contributed by atoms with Crippen molar-refractivity contribution in [3.05, 3.63) is 15.6 Å². The van der Waals surface area contributed by atoms with E-state index in [0.29, 0.717) is 13.1 Å². The predicted molar refractivity (Wildman–Crippen MR) is 93.9 cm³/mol. The summed E-state index contributed by atoms with van der Waals surface area (Å²) in [5, 5.41) is 14.1. The molecule has 0 spiro atoms. The van der Waals surface area contributed by atoms with Crippen molar-refractivity contribution in [2.45, 2.75) is 58.5 Å². The van der Waals surface area contributed by atoms with Gasteiger partial charge in [-0.2, -0.15) is 0 Å². The average Bonchev–Trinajstić information content (AvgIpc) is 2.89. The number of aliphatic hydroxyl groups is 1. The Hall–Kier alpha value is -1.14. The van der Waals surface area contributed by atoms with E-state index in [-0.39, 0.29) is 18.1 Å². The zero-order chi connectivity index (χ0) is 16.8. The third kappa shape index (κ3) is 5.18. The van der Waals surface area contributed by atoms with E-state index in [1.807, 2.05) is 0 Å². The van der Waals surface area contributed by atoms with E-state index in [0.717, 1.165) is 43.5 Å². The van der Waals surface area contributed by atoms with Crippen LogP contribution in [0.25, 0.3) is 0 Å². The number of aryl methyl sites for hydroxylation is 2. The van der Waals surface area contributed by atoms with Crippen molar-refractivity contribution in [2.24, 2.45) is 5.92 Å². The molecule has 0 aromatic carbocycles. The van der Waals surface area contributed by atoms with Crippen LogP contribution in [0.4, 0.5) is 4.79 Å². The number of nitrogens with zero attached hydrogens (tertiary/aromatic N) is 2.